The van der Waals surface area contributed by atoms with Crippen LogP contribution in [0.5, 0.6) is 0 Å². The zero-order valence-corrected chi connectivity index (χ0v) is 19.0. The minimum atomic E-state index is -3.34. The molecule has 1 aromatic heterocycles. The highest BCUT2D eigenvalue weighted by molar-refractivity contribution is 7.92. The van der Waals surface area contributed by atoms with Crippen LogP contribution in [0.25, 0.3) is 0 Å². The summed E-state index contributed by atoms with van der Waals surface area (Å²) in [5.74, 6) is 0. The standard InChI is InChI=1S/C23H28N4O4S/c1-26(17-22(28)20-8-10-21(11-9-20)25-32(2,30)31)12-13-27-23(29)15-19(16-24-27)14-18-6-4-3-5-7-18/h3-11,15-16,22,25,28H,12-14,17H2,1-2H3. The third-order valence-corrected chi connectivity index (χ3v) is 5.56. The van der Waals surface area contributed by atoms with Gasteiger partial charge >= 0.3 is 0 Å². The molecule has 1 heterocycles. The molecule has 0 aliphatic carbocycles. The van der Waals surface area contributed by atoms with Crippen LogP contribution >= 0.6 is 0 Å². The van der Waals surface area contributed by atoms with Crippen LogP contribution in [0.2, 0.25) is 0 Å². The zero-order chi connectivity index (χ0) is 23.1. The molecule has 3 aromatic rings. The van der Waals surface area contributed by atoms with Crippen molar-refractivity contribution in [1.29, 1.82) is 0 Å². The fourth-order valence-electron chi connectivity index (χ4n) is 3.31. The normalized spacial score (nSPS) is 12.6. The van der Waals surface area contributed by atoms with Crippen molar-refractivity contribution in [3.05, 3.63) is 93.9 Å². The number of aromatic nitrogens is 2. The van der Waals surface area contributed by atoms with Crippen LogP contribution in [-0.2, 0) is 23.0 Å². The quantitative estimate of drug-likeness (QED) is 0.483. The average Bonchev–Trinajstić information content (AvgIpc) is 2.73. The predicted octanol–water partition coefficient (Wildman–Crippen LogP) is 1.87. The van der Waals surface area contributed by atoms with Gasteiger partial charge in [0.2, 0.25) is 10.0 Å². The van der Waals surface area contributed by atoms with Crippen molar-refractivity contribution >= 4 is 15.7 Å². The number of likely N-dealkylation sites (N-methyl/N-ethyl adjacent to an activating group) is 1. The molecule has 0 aliphatic rings. The highest BCUT2D eigenvalue weighted by Crippen LogP contribution is 2.17. The first-order valence-electron chi connectivity index (χ1n) is 10.2. The highest BCUT2D eigenvalue weighted by Gasteiger charge is 2.12. The number of benzene rings is 2. The Kier molecular flexibility index (Phi) is 7.79. The lowest BCUT2D eigenvalue weighted by Gasteiger charge is -2.21. The van der Waals surface area contributed by atoms with E-state index >= 15 is 0 Å². The first kappa shape index (κ1) is 23.6. The third-order valence-electron chi connectivity index (χ3n) is 4.95. The summed E-state index contributed by atoms with van der Waals surface area (Å²) >= 11 is 0. The molecular weight excluding hydrogens is 428 g/mol. The smallest absolute Gasteiger partial charge is 0.267 e. The van der Waals surface area contributed by atoms with Crippen molar-refractivity contribution in [1.82, 2.24) is 14.7 Å². The minimum absolute atomic E-state index is 0.152. The second-order valence-electron chi connectivity index (χ2n) is 7.86. The molecule has 3 rings (SSSR count). The van der Waals surface area contributed by atoms with E-state index in [2.05, 4.69) is 9.82 Å². The van der Waals surface area contributed by atoms with Gasteiger partial charge in [-0.2, -0.15) is 5.10 Å². The van der Waals surface area contributed by atoms with Crippen LogP contribution in [0.4, 0.5) is 5.69 Å². The third kappa shape index (κ3) is 7.30. The number of aliphatic hydroxyl groups excluding tert-OH is 1. The van der Waals surface area contributed by atoms with Gasteiger partial charge < -0.3 is 10.0 Å². The van der Waals surface area contributed by atoms with Crippen LogP contribution in [-0.4, -0.2) is 54.6 Å². The zero-order valence-electron chi connectivity index (χ0n) is 18.2. The first-order valence-corrected chi connectivity index (χ1v) is 12.1. The van der Waals surface area contributed by atoms with E-state index in [0.717, 1.165) is 17.4 Å². The van der Waals surface area contributed by atoms with Gasteiger partial charge in [-0.25, -0.2) is 13.1 Å². The predicted molar refractivity (Wildman–Crippen MR) is 125 cm³/mol. The Balaban J connectivity index is 1.52. The maximum Gasteiger partial charge on any atom is 0.267 e. The fourth-order valence-corrected chi connectivity index (χ4v) is 3.88. The number of aliphatic hydroxyl groups is 1. The lowest BCUT2D eigenvalue weighted by molar-refractivity contribution is 0.124. The largest absolute Gasteiger partial charge is 0.387 e. The van der Waals surface area contributed by atoms with Gasteiger partial charge in [-0.1, -0.05) is 42.5 Å². The average molecular weight is 457 g/mol. The summed E-state index contributed by atoms with van der Waals surface area (Å²) in [6.45, 7) is 1.31. The number of nitrogens with one attached hydrogen (secondary N) is 1. The van der Waals surface area contributed by atoms with Crippen LogP contribution in [0, 0.1) is 0 Å². The van der Waals surface area contributed by atoms with E-state index in [1.165, 1.54) is 4.68 Å². The van der Waals surface area contributed by atoms with Gasteiger partial charge in [-0.15, -0.1) is 0 Å². The summed E-state index contributed by atoms with van der Waals surface area (Å²) in [7, 11) is -1.48. The Hall–Kier alpha value is -3.01. The lowest BCUT2D eigenvalue weighted by atomic mass is 10.1. The molecular formula is C23H28N4O4S. The van der Waals surface area contributed by atoms with Gasteiger partial charge in [0, 0.05) is 24.8 Å². The molecule has 0 radical (unpaired) electrons. The van der Waals surface area contributed by atoms with E-state index < -0.39 is 16.1 Å². The first-order chi connectivity index (χ1) is 15.2. The number of rotatable bonds is 10. The molecule has 9 heteroatoms. The Morgan fingerprint density at radius 2 is 1.78 bits per heavy atom. The molecule has 1 unspecified atom stereocenters. The van der Waals surface area contributed by atoms with Crippen LogP contribution in [0.3, 0.4) is 0 Å². The summed E-state index contributed by atoms with van der Waals surface area (Å²) in [4.78, 5) is 14.3. The molecule has 0 saturated heterocycles. The van der Waals surface area contributed by atoms with Gasteiger partial charge in [0.25, 0.3) is 5.56 Å². The van der Waals surface area contributed by atoms with Gasteiger partial charge in [0.05, 0.1) is 25.1 Å². The fraction of sp³-hybridized carbons (Fsp3) is 0.304. The second kappa shape index (κ2) is 10.5. The van der Waals surface area contributed by atoms with Crippen molar-refractivity contribution in [3.63, 3.8) is 0 Å². The molecule has 0 fully saturated rings. The summed E-state index contributed by atoms with van der Waals surface area (Å²) < 4.78 is 26.4. The molecule has 2 N–H and O–H groups in total. The SMILES string of the molecule is CN(CCn1ncc(Cc2ccccc2)cc1=O)CC(O)c1ccc(NS(C)(=O)=O)cc1. The molecule has 2 aromatic carbocycles. The summed E-state index contributed by atoms with van der Waals surface area (Å²) in [6.07, 6.45) is 2.72. The molecule has 0 bridgehead atoms. The van der Waals surface area contributed by atoms with Gasteiger partial charge in [-0.05, 0) is 42.3 Å². The second-order valence-corrected chi connectivity index (χ2v) is 9.61. The molecule has 170 valence electrons. The van der Waals surface area contributed by atoms with Crippen molar-refractivity contribution in [2.45, 2.75) is 19.1 Å². The summed E-state index contributed by atoms with van der Waals surface area (Å²) in [6, 6.07) is 18.1. The maximum atomic E-state index is 12.4. The number of hydrogen-bond donors (Lipinski definition) is 2. The summed E-state index contributed by atoms with van der Waals surface area (Å²) in [5, 5.41) is 14.8. The van der Waals surface area contributed by atoms with E-state index in [1.54, 1.807) is 36.5 Å². The van der Waals surface area contributed by atoms with Gasteiger partial charge in [0.15, 0.2) is 0 Å². The van der Waals surface area contributed by atoms with Crippen molar-refractivity contribution in [3.8, 4) is 0 Å². The van der Waals surface area contributed by atoms with E-state index in [-0.39, 0.29) is 5.56 Å². The number of anilines is 1. The van der Waals surface area contributed by atoms with E-state index in [9.17, 15) is 18.3 Å². The van der Waals surface area contributed by atoms with Gasteiger partial charge in [0.1, 0.15) is 0 Å². The Bertz CT molecular complexity index is 1180. The van der Waals surface area contributed by atoms with Crippen LogP contribution in [0.1, 0.15) is 22.8 Å². The molecule has 32 heavy (non-hydrogen) atoms. The molecule has 0 spiro atoms. The van der Waals surface area contributed by atoms with E-state index in [0.29, 0.717) is 37.3 Å². The number of sulfonamides is 1. The molecule has 0 saturated carbocycles. The number of nitrogens with zero attached hydrogens (tertiary/aromatic N) is 3. The Morgan fingerprint density at radius 3 is 2.41 bits per heavy atom. The van der Waals surface area contributed by atoms with Crippen molar-refractivity contribution in [2.24, 2.45) is 0 Å². The van der Waals surface area contributed by atoms with E-state index in [4.69, 9.17) is 0 Å². The molecule has 8 nitrogen and oxygen atoms in total. The molecule has 0 amide bonds. The monoisotopic (exact) mass is 456 g/mol. The molecule has 1 atom stereocenters. The Morgan fingerprint density at radius 1 is 1.09 bits per heavy atom. The van der Waals surface area contributed by atoms with Crippen molar-refractivity contribution in [2.75, 3.05) is 31.1 Å². The van der Waals surface area contributed by atoms with Gasteiger partial charge in [-0.3, -0.25) is 9.52 Å². The topological polar surface area (TPSA) is 105 Å². The minimum Gasteiger partial charge on any atom is -0.387 e. The van der Waals surface area contributed by atoms with Crippen molar-refractivity contribution < 1.29 is 13.5 Å². The summed E-state index contributed by atoms with van der Waals surface area (Å²) in [5.41, 5.74) is 2.96. The van der Waals surface area contributed by atoms with Crippen LogP contribution in [0.15, 0.2) is 71.7 Å². The lowest BCUT2D eigenvalue weighted by Crippen LogP contribution is -2.32. The Labute approximate surface area is 188 Å². The van der Waals surface area contributed by atoms with Crippen LogP contribution < -0.4 is 10.3 Å². The molecule has 0 aliphatic heterocycles. The number of hydrogen-bond acceptors (Lipinski definition) is 6. The highest BCUT2D eigenvalue weighted by atomic mass is 32.2. The van der Waals surface area contributed by atoms with E-state index in [1.807, 2.05) is 42.3 Å². The maximum absolute atomic E-state index is 12.4.